The Kier molecular flexibility index (Phi) is 7.56. The first-order chi connectivity index (χ1) is 18.6. The number of nitrogens with zero attached hydrogens (tertiary/aromatic N) is 4. The standard InChI is InChI=1S/C25H24F7N5O3/c1-23(2,24(28,29)25(30,31)32)35-22(40)16-11-37(21-17(27)9-13(26)10-33-21)20-15(19(16)39)6-7-18(34-20)36-8-4-3-5-14(36)12-38/h6-7,9-11,14,38H,3-5,8,12H2,1-2H3,(H,35,40)/t14-/m1/s1. The largest absolute Gasteiger partial charge is 0.455 e. The normalized spacial score (nSPS) is 16.9. The van der Waals surface area contributed by atoms with Crippen LogP contribution in [0.5, 0.6) is 0 Å². The Labute approximate surface area is 222 Å². The number of nitrogens with one attached hydrogen (secondary N) is 1. The van der Waals surface area contributed by atoms with Crippen LogP contribution in [0, 0.1) is 11.6 Å². The van der Waals surface area contributed by atoms with Crippen molar-refractivity contribution in [2.45, 2.75) is 56.8 Å². The molecule has 0 aliphatic carbocycles. The highest BCUT2D eigenvalue weighted by Gasteiger charge is 2.67. The molecule has 1 aliphatic heterocycles. The number of piperidine rings is 1. The summed E-state index contributed by atoms with van der Waals surface area (Å²) >= 11 is 0. The Morgan fingerprint density at radius 1 is 1.15 bits per heavy atom. The van der Waals surface area contributed by atoms with Gasteiger partial charge < -0.3 is 15.3 Å². The lowest BCUT2D eigenvalue weighted by Crippen LogP contribution is -2.62. The Morgan fingerprint density at radius 3 is 2.48 bits per heavy atom. The average molecular weight is 575 g/mol. The van der Waals surface area contributed by atoms with Crippen molar-refractivity contribution in [1.29, 1.82) is 0 Å². The van der Waals surface area contributed by atoms with E-state index in [-0.39, 0.29) is 29.5 Å². The van der Waals surface area contributed by atoms with Gasteiger partial charge in [0, 0.05) is 18.8 Å². The third-order valence-corrected chi connectivity index (χ3v) is 6.80. The van der Waals surface area contributed by atoms with E-state index >= 15 is 0 Å². The van der Waals surface area contributed by atoms with E-state index in [0.29, 0.717) is 45.3 Å². The maximum atomic E-state index is 14.8. The smallest absolute Gasteiger partial charge is 0.394 e. The third-order valence-electron chi connectivity index (χ3n) is 6.80. The molecule has 1 amide bonds. The summed E-state index contributed by atoms with van der Waals surface area (Å²) in [6, 6.07) is 2.80. The highest BCUT2D eigenvalue weighted by Crippen LogP contribution is 2.43. The van der Waals surface area contributed by atoms with Crippen LogP contribution in [0.2, 0.25) is 0 Å². The van der Waals surface area contributed by atoms with Crippen molar-refractivity contribution < 1.29 is 40.6 Å². The fourth-order valence-electron chi connectivity index (χ4n) is 4.54. The van der Waals surface area contributed by atoms with Gasteiger partial charge in [0.15, 0.2) is 17.3 Å². The van der Waals surface area contributed by atoms with E-state index in [0.717, 1.165) is 17.4 Å². The van der Waals surface area contributed by atoms with Gasteiger partial charge in [0.2, 0.25) is 5.43 Å². The van der Waals surface area contributed by atoms with Crippen LogP contribution in [-0.4, -0.2) is 62.4 Å². The van der Waals surface area contributed by atoms with Crippen molar-refractivity contribution >= 4 is 22.8 Å². The number of hydrogen-bond acceptors (Lipinski definition) is 6. The van der Waals surface area contributed by atoms with Gasteiger partial charge in [-0.05, 0) is 45.2 Å². The molecule has 1 fully saturated rings. The number of pyridine rings is 3. The third kappa shape index (κ3) is 5.09. The fraction of sp³-hybridized carbons (Fsp3) is 0.440. The number of fused-ring (bicyclic) bond motifs is 1. The summed E-state index contributed by atoms with van der Waals surface area (Å²) in [6.45, 7) is 1.17. The number of aromatic nitrogens is 3. The van der Waals surface area contributed by atoms with Crippen molar-refractivity contribution in [2.75, 3.05) is 18.1 Å². The van der Waals surface area contributed by atoms with E-state index in [1.54, 1.807) is 10.2 Å². The average Bonchev–Trinajstić information content (AvgIpc) is 2.88. The number of hydrogen-bond donors (Lipinski definition) is 2. The molecule has 0 saturated carbocycles. The molecule has 1 saturated heterocycles. The molecule has 2 N–H and O–H groups in total. The van der Waals surface area contributed by atoms with E-state index < -0.39 is 52.0 Å². The molecule has 8 nitrogen and oxygen atoms in total. The summed E-state index contributed by atoms with van der Waals surface area (Å²) in [4.78, 5) is 36.1. The number of aliphatic hydroxyl groups is 1. The maximum Gasteiger partial charge on any atom is 0.455 e. The monoisotopic (exact) mass is 575 g/mol. The molecule has 4 heterocycles. The second-order valence-corrected chi connectivity index (χ2v) is 9.92. The summed E-state index contributed by atoms with van der Waals surface area (Å²) in [5.74, 6) is -9.61. The lowest BCUT2D eigenvalue weighted by Gasteiger charge is -2.36. The van der Waals surface area contributed by atoms with Crippen molar-refractivity contribution in [1.82, 2.24) is 19.9 Å². The van der Waals surface area contributed by atoms with Gasteiger partial charge >= 0.3 is 12.1 Å². The second kappa shape index (κ2) is 10.3. The molecule has 0 aromatic carbocycles. The minimum Gasteiger partial charge on any atom is -0.394 e. The van der Waals surface area contributed by atoms with Gasteiger partial charge in [-0.3, -0.25) is 14.2 Å². The van der Waals surface area contributed by atoms with Crippen molar-refractivity contribution in [3.8, 4) is 5.82 Å². The number of anilines is 1. The molecule has 3 aromatic heterocycles. The molecule has 1 atom stereocenters. The SMILES string of the molecule is CC(C)(NC(=O)c1cn(-c2ncc(F)cc2F)c2nc(N3CCCC[C@@H]3CO)ccc2c1=O)C(F)(F)C(F)(F)F. The van der Waals surface area contributed by atoms with Crippen LogP contribution in [0.25, 0.3) is 16.9 Å². The Bertz CT molecular complexity index is 1510. The number of carbonyl (C=O) groups is 1. The Morgan fingerprint density at radius 2 is 1.85 bits per heavy atom. The minimum atomic E-state index is -6.02. The van der Waals surface area contributed by atoms with Crippen LogP contribution in [0.4, 0.5) is 36.6 Å². The number of amides is 1. The Hall–Kier alpha value is -3.75. The summed E-state index contributed by atoms with van der Waals surface area (Å²) in [5, 5.41) is 11.0. The second-order valence-electron chi connectivity index (χ2n) is 9.92. The topological polar surface area (TPSA) is 100 Å². The first-order valence-corrected chi connectivity index (χ1v) is 12.1. The van der Waals surface area contributed by atoms with Gasteiger partial charge in [0.25, 0.3) is 5.91 Å². The first kappa shape index (κ1) is 29.2. The van der Waals surface area contributed by atoms with Crippen LogP contribution in [0.15, 0.2) is 35.4 Å². The molecular weight excluding hydrogens is 551 g/mol. The van der Waals surface area contributed by atoms with Crippen LogP contribution < -0.4 is 15.6 Å². The van der Waals surface area contributed by atoms with Crippen molar-refractivity contribution in [3.63, 3.8) is 0 Å². The van der Waals surface area contributed by atoms with Gasteiger partial charge in [-0.15, -0.1) is 0 Å². The van der Waals surface area contributed by atoms with Gasteiger partial charge in [0.05, 0.1) is 24.2 Å². The van der Waals surface area contributed by atoms with Crippen LogP contribution in [0.1, 0.15) is 43.5 Å². The van der Waals surface area contributed by atoms with Gasteiger partial charge in [-0.25, -0.2) is 18.7 Å². The number of alkyl halides is 5. The molecule has 3 aromatic rings. The molecule has 4 rings (SSSR count). The molecule has 15 heteroatoms. The molecular formula is C25H24F7N5O3. The number of rotatable bonds is 6. The molecule has 0 unspecified atom stereocenters. The van der Waals surface area contributed by atoms with Crippen molar-refractivity contribution in [3.05, 3.63) is 58.0 Å². The zero-order chi connectivity index (χ0) is 29.6. The number of aliphatic hydroxyl groups excluding tert-OH is 1. The lowest BCUT2D eigenvalue weighted by atomic mass is 9.95. The minimum absolute atomic E-state index is 0.196. The first-order valence-electron chi connectivity index (χ1n) is 12.1. The van der Waals surface area contributed by atoms with Gasteiger partial charge in [-0.2, -0.15) is 22.0 Å². The number of halogens is 7. The van der Waals surface area contributed by atoms with Crippen LogP contribution in [0.3, 0.4) is 0 Å². The summed E-state index contributed by atoms with van der Waals surface area (Å²) in [7, 11) is 0. The van der Waals surface area contributed by atoms with E-state index in [2.05, 4.69) is 9.97 Å². The fourth-order valence-corrected chi connectivity index (χ4v) is 4.54. The van der Waals surface area contributed by atoms with E-state index in [1.807, 2.05) is 0 Å². The Balaban J connectivity index is 1.90. The zero-order valence-corrected chi connectivity index (χ0v) is 21.2. The molecule has 0 radical (unpaired) electrons. The molecule has 0 bridgehead atoms. The lowest BCUT2D eigenvalue weighted by molar-refractivity contribution is -0.305. The molecule has 40 heavy (non-hydrogen) atoms. The van der Waals surface area contributed by atoms with Gasteiger partial charge in [-0.1, -0.05) is 0 Å². The predicted octanol–water partition coefficient (Wildman–Crippen LogP) is 4.12. The van der Waals surface area contributed by atoms with Crippen LogP contribution in [-0.2, 0) is 0 Å². The highest BCUT2D eigenvalue weighted by molar-refractivity contribution is 5.97. The summed E-state index contributed by atoms with van der Waals surface area (Å²) in [6.07, 6.45) is -2.40. The van der Waals surface area contributed by atoms with E-state index in [4.69, 9.17) is 0 Å². The zero-order valence-electron chi connectivity index (χ0n) is 21.2. The molecule has 216 valence electrons. The van der Waals surface area contributed by atoms with Crippen molar-refractivity contribution in [2.24, 2.45) is 0 Å². The summed E-state index contributed by atoms with van der Waals surface area (Å²) in [5.41, 5.74) is -5.44. The van der Waals surface area contributed by atoms with Gasteiger partial charge in [0.1, 0.15) is 22.7 Å². The predicted molar refractivity (Wildman–Crippen MR) is 130 cm³/mol. The highest BCUT2D eigenvalue weighted by atomic mass is 19.4. The van der Waals surface area contributed by atoms with Crippen LogP contribution >= 0.6 is 0 Å². The molecule has 1 aliphatic rings. The quantitative estimate of drug-likeness (QED) is 0.430. The van der Waals surface area contributed by atoms with E-state index in [1.165, 1.54) is 12.1 Å². The number of carbonyl (C=O) groups excluding carboxylic acids is 1. The summed E-state index contributed by atoms with van der Waals surface area (Å²) < 4.78 is 96.5. The maximum absolute atomic E-state index is 14.8. The molecule has 0 spiro atoms. The van der Waals surface area contributed by atoms with E-state index in [9.17, 15) is 45.4 Å².